The molecule has 0 spiro atoms. The van der Waals surface area contributed by atoms with E-state index in [0.717, 1.165) is 0 Å². The molecule has 1 amide bonds. The molecule has 0 saturated carbocycles. The standard InChI is InChI=1S/C11H25N3O/c1-10(2,12)7-9(15)13-8-11(3,4)14(5)6/h7-8,12H2,1-6H3,(H,13,15). The molecule has 0 fully saturated rings. The highest BCUT2D eigenvalue weighted by Crippen LogP contribution is 2.08. The number of amides is 1. The number of hydrogen-bond donors (Lipinski definition) is 2. The molecule has 0 atom stereocenters. The first kappa shape index (κ1) is 14.4. The van der Waals surface area contributed by atoms with Crippen LogP contribution in [0.2, 0.25) is 0 Å². The summed E-state index contributed by atoms with van der Waals surface area (Å²) in [7, 11) is 4.00. The summed E-state index contributed by atoms with van der Waals surface area (Å²) in [5, 5.41) is 2.90. The van der Waals surface area contributed by atoms with Crippen LogP contribution in [0, 0.1) is 0 Å². The quantitative estimate of drug-likeness (QED) is 0.705. The molecule has 0 saturated heterocycles. The Morgan fingerprint density at radius 3 is 2.07 bits per heavy atom. The second-order valence-electron chi connectivity index (χ2n) is 5.65. The number of likely N-dealkylation sites (N-methyl/N-ethyl adjacent to an activating group) is 1. The third-order valence-electron chi connectivity index (χ3n) is 2.54. The number of nitrogens with one attached hydrogen (secondary N) is 1. The van der Waals surface area contributed by atoms with Crippen LogP contribution in [0.5, 0.6) is 0 Å². The van der Waals surface area contributed by atoms with E-state index in [1.165, 1.54) is 0 Å². The van der Waals surface area contributed by atoms with Crippen LogP contribution in [0.3, 0.4) is 0 Å². The molecule has 0 aromatic rings. The largest absolute Gasteiger partial charge is 0.354 e. The van der Waals surface area contributed by atoms with E-state index < -0.39 is 5.54 Å². The number of carbonyl (C=O) groups excluding carboxylic acids is 1. The van der Waals surface area contributed by atoms with Crippen molar-refractivity contribution in [2.45, 2.75) is 45.2 Å². The Hall–Kier alpha value is -0.610. The van der Waals surface area contributed by atoms with Crippen LogP contribution in [0.1, 0.15) is 34.1 Å². The summed E-state index contributed by atoms with van der Waals surface area (Å²) in [6.45, 7) is 8.50. The number of rotatable bonds is 5. The van der Waals surface area contributed by atoms with Gasteiger partial charge in [0.15, 0.2) is 0 Å². The van der Waals surface area contributed by atoms with Crippen LogP contribution in [0.25, 0.3) is 0 Å². The van der Waals surface area contributed by atoms with E-state index in [2.05, 4.69) is 24.1 Å². The van der Waals surface area contributed by atoms with Gasteiger partial charge < -0.3 is 16.0 Å². The van der Waals surface area contributed by atoms with Crippen LogP contribution >= 0.6 is 0 Å². The Bertz CT molecular complexity index is 216. The van der Waals surface area contributed by atoms with E-state index in [1.54, 1.807) is 0 Å². The second kappa shape index (κ2) is 4.94. The van der Waals surface area contributed by atoms with E-state index in [4.69, 9.17) is 5.73 Å². The van der Waals surface area contributed by atoms with Crippen molar-refractivity contribution in [2.24, 2.45) is 5.73 Å². The average Bonchev–Trinajstić information content (AvgIpc) is 1.97. The Labute approximate surface area is 93.2 Å². The smallest absolute Gasteiger partial charge is 0.221 e. The lowest BCUT2D eigenvalue weighted by atomic mass is 10.0. The molecule has 4 nitrogen and oxygen atoms in total. The van der Waals surface area contributed by atoms with Crippen LogP contribution in [0.15, 0.2) is 0 Å². The fourth-order valence-electron chi connectivity index (χ4n) is 0.949. The van der Waals surface area contributed by atoms with Crippen molar-refractivity contribution in [1.82, 2.24) is 10.2 Å². The zero-order valence-electron chi connectivity index (χ0n) is 10.8. The lowest BCUT2D eigenvalue weighted by Crippen LogP contribution is -2.49. The monoisotopic (exact) mass is 215 g/mol. The first-order chi connectivity index (χ1) is 6.54. The van der Waals surface area contributed by atoms with Crippen molar-refractivity contribution in [3.8, 4) is 0 Å². The Kier molecular flexibility index (Phi) is 4.74. The molecule has 0 aliphatic rings. The van der Waals surface area contributed by atoms with E-state index >= 15 is 0 Å². The zero-order chi connectivity index (χ0) is 12.3. The third-order valence-corrected chi connectivity index (χ3v) is 2.54. The fourth-order valence-corrected chi connectivity index (χ4v) is 0.949. The maximum atomic E-state index is 11.5. The van der Waals surface area contributed by atoms with Gasteiger partial charge >= 0.3 is 0 Å². The van der Waals surface area contributed by atoms with Gasteiger partial charge in [-0.1, -0.05) is 0 Å². The molecule has 0 aliphatic carbocycles. The molecule has 0 heterocycles. The van der Waals surface area contributed by atoms with Gasteiger partial charge in [-0.15, -0.1) is 0 Å². The van der Waals surface area contributed by atoms with Crippen molar-refractivity contribution in [3.05, 3.63) is 0 Å². The summed E-state index contributed by atoms with van der Waals surface area (Å²) in [5.74, 6) is 0.0115. The minimum Gasteiger partial charge on any atom is -0.354 e. The molecular formula is C11H25N3O. The van der Waals surface area contributed by atoms with Gasteiger partial charge in [0, 0.05) is 24.0 Å². The van der Waals surface area contributed by atoms with E-state index in [9.17, 15) is 4.79 Å². The highest BCUT2D eigenvalue weighted by molar-refractivity contribution is 5.77. The van der Waals surface area contributed by atoms with Crippen LogP contribution < -0.4 is 11.1 Å². The summed E-state index contributed by atoms with van der Waals surface area (Å²) in [6, 6.07) is 0. The van der Waals surface area contributed by atoms with Crippen LogP contribution in [-0.2, 0) is 4.79 Å². The molecule has 0 rings (SSSR count). The second-order valence-corrected chi connectivity index (χ2v) is 5.65. The Morgan fingerprint density at radius 2 is 1.73 bits per heavy atom. The molecule has 0 aromatic carbocycles. The predicted octanol–water partition coefficient (Wildman–Crippen LogP) is 0.570. The van der Waals surface area contributed by atoms with E-state index in [-0.39, 0.29) is 11.4 Å². The molecule has 0 bridgehead atoms. The van der Waals surface area contributed by atoms with E-state index in [0.29, 0.717) is 13.0 Å². The zero-order valence-corrected chi connectivity index (χ0v) is 10.8. The summed E-state index contributed by atoms with van der Waals surface area (Å²) >= 11 is 0. The highest BCUT2D eigenvalue weighted by atomic mass is 16.1. The van der Waals surface area contributed by atoms with Crippen LogP contribution in [-0.4, -0.2) is 42.5 Å². The number of carbonyl (C=O) groups is 1. The molecule has 0 aliphatic heterocycles. The molecule has 4 heteroatoms. The van der Waals surface area contributed by atoms with Crippen LogP contribution in [0.4, 0.5) is 0 Å². The summed E-state index contributed by atoms with van der Waals surface area (Å²) in [5.41, 5.74) is 5.29. The first-order valence-electron chi connectivity index (χ1n) is 5.28. The molecule has 15 heavy (non-hydrogen) atoms. The van der Waals surface area contributed by atoms with Gasteiger partial charge in [0.2, 0.25) is 5.91 Å². The van der Waals surface area contributed by atoms with Crippen molar-refractivity contribution >= 4 is 5.91 Å². The van der Waals surface area contributed by atoms with E-state index in [1.807, 2.05) is 27.9 Å². The predicted molar refractivity (Wildman–Crippen MR) is 63.7 cm³/mol. The molecule has 0 radical (unpaired) electrons. The third kappa shape index (κ3) is 6.47. The lowest BCUT2D eigenvalue weighted by Gasteiger charge is -2.33. The minimum absolute atomic E-state index is 0.0115. The normalized spacial score (nSPS) is 13.1. The number of hydrogen-bond acceptors (Lipinski definition) is 3. The lowest BCUT2D eigenvalue weighted by molar-refractivity contribution is -0.122. The molecule has 0 unspecified atom stereocenters. The molecule has 0 aromatic heterocycles. The Balaban J connectivity index is 4.02. The minimum atomic E-state index is -0.438. The fraction of sp³-hybridized carbons (Fsp3) is 0.909. The summed E-state index contributed by atoms with van der Waals surface area (Å²) < 4.78 is 0. The first-order valence-corrected chi connectivity index (χ1v) is 5.28. The van der Waals surface area contributed by atoms with Crippen molar-refractivity contribution in [1.29, 1.82) is 0 Å². The maximum Gasteiger partial charge on any atom is 0.221 e. The van der Waals surface area contributed by atoms with Gasteiger partial charge in [0.1, 0.15) is 0 Å². The molecule has 90 valence electrons. The number of nitrogens with two attached hydrogens (primary N) is 1. The van der Waals surface area contributed by atoms with Gasteiger partial charge in [0.25, 0.3) is 0 Å². The van der Waals surface area contributed by atoms with Gasteiger partial charge in [-0.3, -0.25) is 4.79 Å². The topological polar surface area (TPSA) is 58.4 Å². The average molecular weight is 215 g/mol. The summed E-state index contributed by atoms with van der Waals surface area (Å²) in [4.78, 5) is 13.6. The Morgan fingerprint density at radius 1 is 1.27 bits per heavy atom. The van der Waals surface area contributed by atoms with Gasteiger partial charge in [-0.2, -0.15) is 0 Å². The summed E-state index contributed by atoms with van der Waals surface area (Å²) in [6.07, 6.45) is 0.358. The maximum absolute atomic E-state index is 11.5. The SMILES string of the molecule is CN(C)C(C)(C)CNC(=O)CC(C)(C)N. The van der Waals surface area contributed by atoms with Crippen molar-refractivity contribution in [2.75, 3.05) is 20.6 Å². The molecule has 3 N–H and O–H groups in total. The van der Waals surface area contributed by atoms with Gasteiger partial charge in [0.05, 0.1) is 0 Å². The van der Waals surface area contributed by atoms with Crippen molar-refractivity contribution in [3.63, 3.8) is 0 Å². The number of nitrogens with zero attached hydrogens (tertiary/aromatic N) is 1. The molecular weight excluding hydrogens is 190 g/mol. The van der Waals surface area contributed by atoms with Crippen molar-refractivity contribution < 1.29 is 4.79 Å². The van der Waals surface area contributed by atoms with Gasteiger partial charge in [-0.05, 0) is 41.8 Å². The van der Waals surface area contributed by atoms with Gasteiger partial charge in [-0.25, -0.2) is 0 Å². The highest BCUT2D eigenvalue weighted by Gasteiger charge is 2.22.